The first-order valence-electron chi connectivity index (χ1n) is 7.61. The van der Waals surface area contributed by atoms with Crippen LogP contribution in [0.2, 0.25) is 0 Å². The highest BCUT2D eigenvalue weighted by Crippen LogP contribution is 2.61. The Labute approximate surface area is 150 Å². The summed E-state index contributed by atoms with van der Waals surface area (Å²) in [5.41, 5.74) is -2.47. The molecule has 0 amide bonds. The van der Waals surface area contributed by atoms with E-state index in [1.165, 1.54) is 0 Å². The minimum absolute atomic E-state index is 0.463. The molecule has 0 aromatic heterocycles. The van der Waals surface area contributed by atoms with E-state index in [1.54, 1.807) is 13.8 Å². The Kier molecular flexibility index (Phi) is 5.69. The second-order valence-electron chi connectivity index (χ2n) is 6.82. The molecule has 26 heavy (non-hydrogen) atoms. The Morgan fingerprint density at radius 1 is 1.04 bits per heavy atom. The smallest absolute Gasteiger partial charge is 0.380 e. The van der Waals surface area contributed by atoms with Gasteiger partial charge in [0.1, 0.15) is 5.03 Å². The van der Waals surface area contributed by atoms with E-state index < -0.39 is 75.9 Å². The Balaban J connectivity index is 2.35. The number of allylic oxidation sites excluding steroid dienone is 2. The highest BCUT2D eigenvalue weighted by atomic mass is 35.5. The van der Waals surface area contributed by atoms with Crippen molar-refractivity contribution in [1.29, 1.82) is 0 Å². The fourth-order valence-corrected chi connectivity index (χ4v) is 3.29. The predicted molar refractivity (Wildman–Crippen MR) is 81.4 cm³/mol. The van der Waals surface area contributed by atoms with Crippen LogP contribution in [0.3, 0.4) is 0 Å². The zero-order valence-electron chi connectivity index (χ0n) is 14.1. The molecule has 0 N–H and O–H groups in total. The van der Waals surface area contributed by atoms with Crippen LogP contribution >= 0.6 is 11.6 Å². The van der Waals surface area contributed by atoms with Gasteiger partial charge in [-0.3, -0.25) is 0 Å². The minimum Gasteiger partial charge on any atom is -0.380 e. The third-order valence-electron chi connectivity index (χ3n) is 4.89. The average molecular weight is 405 g/mol. The fraction of sp³-hybridized carbons (Fsp3) is 0.529. The van der Waals surface area contributed by atoms with Crippen LogP contribution in [-0.2, 0) is 17.8 Å². The third kappa shape index (κ3) is 3.71. The van der Waals surface area contributed by atoms with E-state index in [0.717, 1.165) is 13.2 Å². The molecule has 0 heterocycles. The molecule has 2 rings (SSSR count). The molecular formula is C17H16ClF7O. The molecule has 1 aromatic rings. The maximum Gasteiger partial charge on any atom is 0.426 e. The van der Waals surface area contributed by atoms with Crippen molar-refractivity contribution < 1.29 is 35.5 Å². The second kappa shape index (κ2) is 7.03. The lowest BCUT2D eigenvalue weighted by atomic mass is 9.99. The van der Waals surface area contributed by atoms with Crippen molar-refractivity contribution in [3.8, 4) is 0 Å². The molecule has 1 aromatic carbocycles. The number of ether oxygens (including phenoxy) is 1. The molecule has 0 unspecified atom stereocenters. The lowest BCUT2D eigenvalue weighted by molar-refractivity contribution is -0.0848. The van der Waals surface area contributed by atoms with E-state index in [1.807, 2.05) is 0 Å². The summed E-state index contributed by atoms with van der Waals surface area (Å²) in [5.74, 6) is -7.67. The molecule has 0 saturated heterocycles. The molecule has 0 radical (unpaired) electrons. The highest BCUT2D eigenvalue weighted by molar-refractivity contribution is 6.30. The van der Waals surface area contributed by atoms with E-state index >= 15 is 0 Å². The van der Waals surface area contributed by atoms with Gasteiger partial charge in [-0.25, -0.2) is 17.6 Å². The summed E-state index contributed by atoms with van der Waals surface area (Å²) in [6.07, 6.45) is -4.43. The summed E-state index contributed by atoms with van der Waals surface area (Å²) in [4.78, 5) is 0. The van der Waals surface area contributed by atoms with Gasteiger partial charge < -0.3 is 4.74 Å². The Bertz CT molecular complexity index is 711. The molecule has 1 nitrogen and oxygen atoms in total. The van der Waals surface area contributed by atoms with Gasteiger partial charge in [0.05, 0.1) is 12.2 Å². The number of hydrogen-bond donors (Lipinski definition) is 0. The number of benzene rings is 1. The van der Waals surface area contributed by atoms with E-state index in [4.69, 9.17) is 11.6 Å². The number of methoxy groups -OCH3 is 1. The Morgan fingerprint density at radius 2 is 1.50 bits per heavy atom. The molecular weight excluding hydrogens is 389 g/mol. The van der Waals surface area contributed by atoms with Crippen molar-refractivity contribution in [2.45, 2.75) is 33.1 Å². The van der Waals surface area contributed by atoms with Crippen molar-refractivity contribution in [3.05, 3.63) is 45.5 Å². The first kappa shape index (κ1) is 21.0. The average Bonchev–Trinajstić information content (AvgIpc) is 3.04. The standard InChI is InChI=1S/C17H16ClF7O/c1-16(2)9(10(16)5-11(18)17(23,24)25)4-7-12(19)14(21)8(6-26-3)15(22)13(7)20/h5,9-10H,4,6H2,1-3H3/t9-,10+/m1/s1. The third-order valence-corrected chi connectivity index (χ3v) is 5.23. The molecule has 0 aliphatic heterocycles. The summed E-state index contributed by atoms with van der Waals surface area (Å²) >= 11 is 5.21. The number of rotatable bonds is 5. The number of alkyl halides is 3. The van der Waals surface area contributed by atoms with E-state index in [2.05, 4.69) is 4.74 Å². The van der Waals surface area contributed by atoms with Crippen LogP contribution in [0, 0.1) is 40.5 Å². The van der Waals surface area contributed by atoms with Crippen molar-refractivity contribution in [2.75, 3.05) is 7.11 Å². The van der Waals surface area contributed by atoms with E-state index in [-0.39, 0.29) is 0 Å². The molecule has 2 atom stereocenters. The Hall–Kier alpha value is -1.28. The minimum atomic E-state index is -4.73. The second-order valence-corrected chi connectivity index (χ2v) is 7.22. The fourth-order valence-electron chi connectivity index (χ4n) is 3.15. The molecule has 0 spiro atoms. The molecule has 1 aliphatic carbocycles. The highest BCUT2D eigenvalue weighted by Gasteiger charge is 2.57. The summed E-state index contributed by atoms with van der Waals surface area (Å²) in [6.45, 7) is 2.51. The predicted octanol–water partition coefficient (Wildman–Crippen LogP) is 5.89. The van der Waals surface area contributed by atoms with Gasteiger partial charge in [-0.1, -0.05) is 31.5 Å². The normalized spacial score (nSPS) is 22.7. The summed E-state index contributed by atoms with van der Waals surface area (Å²) in [7, 11) is 1.11. The maximum atomic E-state index is 14.2. The maximum absolute atomic E-state index is 14.2. The van der Waals surface area contributed by atoms with Crippen molar-refractivity contribution >= 4 is 11.6 Å². The van der Waals surface area contributed by atoms with Gasteiger partial charge in [-0.05, 0) is 23.7 Å². The molecule has 1 fully saturated rings. The monoisotopic (exact) mass is 404 g/mol. The van der Waals surface area contributed by atoms with Gasteiger partial charge in [0.2, 0.25) is 0 Å². The van der Waals surface area contributed by atoms with Crippen LogP contribution in [0.15, 0.2) is 11.1 Å². The molecule has 1 saturated carbocycles. The molecule has 9 heteroatoms. The zero-order chi connectivity index (χ0) is 20.0. The number of hydrogen-bond acceptors (Lipinski definition) is 1. The van der Waals surface area contributed by atoms with Crippen LogP contribution < -0.4 is 0 Å². The number of halogens is 8. The largest absolute Gasteiger partial charge is 0.426 e. The quantitative estimate of drug-likeness (QED) is 0.439. The van der Waals surface area contributed by atoms with E-state index in [0.29, 0.717) is 0 Å². The lowest BCUT2D eigenvalue weighted by Crippen LogP contribution is -2.11. The Morgan fingerprint density at radius 3 is 1.92 bits per heavy atom. The summed E-state index contributed by atoms with van der Waals surface area (Å²) in [5, 5.41) is -1.34. The van der Waals surface area contributed by atoms with E-state index in [9.17, 15) is 30.7 Å². The van der Waals surface area contributed by atoms with Gasteiger partial charge in [-0.15, -0.1) is 0 Å². The topological polar surface area (TPSA) is 9.23 Å². The van der Waals surface area contributed by atoms with Crippen LogP contribution in [-0.4, -0.2) is 13.3 Å². The molecule has 0 bridgehead atoms. The van der Waals surface area contributed by atoms with Gasteiger partial charge >= 0.3 is 6.18 Å². The van der Waals surface area contributed by atoms with Gasteiger partial charge in [0.15, 0.2) is 23.3 Å². The van der Waals surface area contributed by atoms with Crippen LogP contribution in [0.1, 0.15) is 25.0 Å². The molecule has 146 valence electrons. The van der Waals surface area contributed by atoms with Crippen molar-refractivity contribution in [2.24, 2.45) is 17.3 Å². The summed E-state index contributed by atoms with van der Waals surface area (Å²) < 4.78 is 98.5. The first-order chi connectivity index (χ1) is 11.8. The zero-order valence-corrected chi connectivity index (χ0v) is 14.8. The molecule has 1 aliphatic rings. The first-order valence-corrected chi connectivity index (χ1v) is 7.98. The summed E-state index contributed by atoms with van der Waals surface area (Å²) in [6, 6.07) is 0. The van der Waals surface area contributed by atoms with Gasteiger partial charge in [-0.2, -0.15) is 13.2 Å². The van der Waals surface area contributed by atoms with Crippen LogP contribution in [0.25, 0.3) is 0 Å². The van der Waals surface area contributed by atoms with Crippen LogP contribution in [0.4, 0.5) is 30.7 Å². The van der Waals surface area contributed by atoms with Crippen molar-refractivity contribution in [3.63, 3.8) is 0 Å². The van der Waals surface area contributed by atoms with Crippen molar-refractivity contribution in [1.82, 2.24) is 0 Å². The lowest BCUT2D eigenvalue weighted by Gasteiger charge is -2.12. The van der Waals surface area contributed by atoms with Crippen LogP contribution in [0.5, 0.6) is 0 Å². The van der Waals surface area contributed by atoms with Gasteiger partial charge in [0, 0.05) is 12.7 Å². The SMILES string of the molecule is COCc1c(F)c(F)c(C[C@@H]2[C@H](C=C(Cl)C(F)(F)F)C2(C)C)c(F)c1F. The van der Waals surface area contributed by atoms with Gasteiger partial charge in [0.25, 0.3) is 0 Å².